The Morgan fingerprint density at radius 2 is 2.00 bits per heavy atom. The van der Waals surface area contributed by atoms with Gasteiger partial charge in [0.25, 0.3) is 0 Å². The molecule has 1 atom stereocenters. The first-order chi connectivity index (χ1) is 11.0. The second-order valence-corrected chi connectivity index (χ2v) is 8.37. The molecule has 0 N–H and O–H groups in total. The van der Waals surface area contributed by atoms with E-state index in [0.717, 1.165) is 25.7 Å². The van der Waals surface area contributed by atoms with Crippen LogP contribution in [0.3, 0.4) is 0 Å². The molecule has 7 heteroatoms. The number of hydrogen-bond acceptors (Lipinski definition) is 5. The minimum Gasteiger partial charge on any atom is -0.338 e. The Morgan fingerprint density at radius 3 is 2.65 bits per heavy atom. The monoisotopic (exact) mass is 333 g/mol. The van der Waals surface area contributed by atoms with E-state index in [-0.39, 0.29) is 11.5 Å². The third-order valence-electron chi connectivity index (χ3n) is 4.86. The predicted octanol–water partition coefficient (Wildman–Crippen LogP) is 2.25. The van der Waals surface area contributed by atoms with Crippen LogP contribution < -0.4 is 0 Å². The zero-order valence-electron chi connectivity index (χ0n) is 13.0. The van der Waals surface area contributed by atoms with Crippen molar-refractivity contribution in [3.63, 3.8) is 0 Å². The van der Waals surface area contributed by atoms with Gasteiger partial charge in [-0.05, 0) is 31.2 Å². The van der Waals surface area contributed by atoms with Crippen molar-refractivity contribution >= 4 is 10.0 Å². The van der Waals surface area contributed by atoms with Crippen LogP contribution in [-0.4, -0.2) is 35.7 Å². The van der Waals surface area contributed by atoms with Crippen LogP contribution in [0.25, 0.3) is 0 Å². The molecular weight excluding hydrogens is 314 g/mol. The molecule has 1 saturated carbocycles. The molecule has 2 fully saturated rings. The summed E-state index contributed by atoms with van der Waals surface area (Å²) in [6.07, 6.45) is 4.77. The summed E-state index contributed by atoms with van der Waals surface area (Å²) in [5.41, 5.74) is 1.00. The Hall–Kier alpha value is -1.73. The van der Waals surface area contributed by atoms with Crippen LogP contribution in [0.5, 0.6) is 0 Å². The highest BCUT2D eigenvalue weighted by Crippen LogP contribution is 2.53. The van der Waals surface area contributed by atoms with Crippen molar-refractivity contribution in [3.8, 4) is 0 Å². The topological polar surface area (TPSA) is 76.3 Å². The zero-order valence-corrected chi connectivity index (χ0v) is 13.8. The predicted molar refractivity (Wildman–Crippen MR) is 84.3 cm³/mol. The van der Waals surface area contributed by atoms with Crippen LogP contribution >= 0.6 is 0 Å². The summed E-state index contributed by atoms with van der Waals surface area (Å²) < 4.78 is 30.8. The van der Waals surface area contributed by atoms with Crippen LogP contribution in [0, 0.1) is 0 Å². The van der Waals surface area contributed by atoms with Crippen LogP contribution in [0.4, 0.5) is 0 Å². The molecule has 0 spiro atoms. The minimum absolute atomic E-state index is 0.180. The molecule has 1 aliphatic carbocycles. The largest absolute Gasteiger partial charge is 0.338 e. The average Bonchev–Trinajstić information content (AvgIpc) is 2.98. The fraction of sp³-hybridized carbons (Fsp3) is 0.500. The molecule has 0 radical (unpaired) electrons. The van der Waals surface area contributed by atoms with Crippen molar-refractivity contribution in [2.75, 3.05) is 12.8 Å². The van der Waals surface area contributed by atoms with E-state index in [1.54, 1.807) is 0 Å². The lowest BCUT2D eigenvalue weighted by molar-refractivity contribution is 0.336. The van der Waals surface area contributed by atoms with E-state index in [1.807, 2.05) is 18.2 Å². The van der Waals surface area contributed by atoms with E-state index in [1.165, 1.54) is 16.1 Å². The summed E-state index contributed by atoms with van der Waals surface area (Å²) in [5.74, 6) is 1.10. The molecule has 2 aromatic rings. The van der Waals surface area contributed by atoms with E-state index in [4.69, 9.17) is 4.52 Å². The van der Waals surface area contributed by atoms with Crippen LogP contribution in [0.1, 0.15) is 49.0 Å². The minimum atomic E-state index is -3.25. The molecule has 2 aliphatic rings. The van der Waals surface area contributed by atoms with Crippen molar-refractivity contribution in [1.29, 1.82) is 0 Å². The highest BCUT2D eigenvalue weighted by molar-refractivity contribution is 7.88. The van der Waals surface area contributed by atoms with E-state index in [0.29, 0.717) is 18.3 Å². The van der Waals surface area contributed by atoms with Gasteiger partial charge in [-0.15, -0.1) is 0 Å². The summed E-state index contributed by atoms with van der Waals surface area (Å²) in [6, 6.07) is 9.87. The average molecular weight is 333 g/mol. The normalized spacial score (nSPS) is 24.0. The Bertz CT molecular complexity index is 812. The number of benzene rings is 1. The molecule has 1 saturated heterocycles. The lowest BCUT2D eigenvalue weighted by atomic mass is 9.96. The fourth-order valence-electron chi connectivity index (χ4n) is 3.47. The molecular formula is C16H19N3O3S. The Balaban J connectivity index is 1.66. The van der Waals surface area contributed by atoms with Gasteiger partial charge in [0, 0.05) is 6.54 Å². The van der Waals surface area contributed by atoms with Crippen LogP contribution in [-0.2, 0) is 15.4 Å². The van der Waals surface area contributed by atoms with Crippen LogP contribution in [0.2, 0.25) is 0 Å². The van der Waals surface area contributed by atoms with Gasteiger partial charge in [0.15, 0.2) is 5.82 Å². The third-order valence-corrected chi connectivity index (χ3v) is 6.14. The van der Waals surface area contributed by atoms with E-state index in [2.05, 4.69) is 22.3 Å². The van der Waals surface area contributed by atoms with Gasteiger partial charge in [-0.2, -0.15) is 9.29 Å². The van der Waals surface area contributed by atoms with Crippen molar-refractivity contribution in [1.82, 2.24) is 14.4 Å². The highest BCUT2D eigenvalue weighted by Gasteiger charge is 2.51. The van der Waals surface area contributed by atoms with E-state index >= 15 is 0 Å². The molecule has 1 aromatic carbocycles. The van der Waals surface area contributed by atoms with Gasteiger partial charge in [0.05, 0.1) is 17.7 Å². The molecule has 122 valence electrons. The van der Waals surface area contributed by atoms with Crippen molar-refractivity contribution < 1.29 is 12.9 Å². The highest BCUT2D eigenvalue weighted by atomic mass is 32.2. The van der Waals surface area contributed by atoms with Crippen LogP contribution in [0.15, 0.2) is 34.9 Å². The standard InChI is InChI=1S/C16H19N3O3S/c1-23(20,21)19-11-5-8-13(19)14-17-15(22-18-14)16(9-10-16)12-6-3-2-4-7-12/h2-4,6-7,13H,5,8-11H2,1H3/t13-/m0/s1. The Labute approximate surface area is 135 Å². The van der Waals surface area contributed by atoms with Crippen molar-refractivity contribution in [3.05, 3.63) is 47.6 Å². The maximum atomic E-state index is 11.9. The number of nitrogens with zero attached hydrogens (tertiary/aromatic N) is 3. The Kier molecular flexibility index (Phi) is 3.32. The van der Waals surface area contributed by atoms with Gasteiger partial charge in [0.2, 0.25) is 15.9 Å². The maximum Gasteiger partial charge on any atom is 0.237 e. The lowest BCUT2D eigenvalue weighted by Gasteiger charge is -2.18. The molecule has 4 rings (SSSR count). The first kappa shape index (κ1) is 14.8. The summed E-state index contributed by atoms with van der Waals surface area (Å²) in [4.78, 5) is 4.58. The number of hydrogen-bond donors (Lipinski definition) is 0. The Morgan fingerprint density at radius 1 is 1.26 bits per heavy atom. The van der Waals surface area contributed by atoms with Gasteiger partial charge in [-0.3, -0.25) is 0 Å². The third kappa shape index (κ3) is 2.48. The molecule has 0 amide bonds. The molecule has 2 heterocycles. The number of aromatic nitrogens is 2. The van der Waals surface area contributed by atoms with Gasteiger partial charge in [0.1, 0.15) is 0 Å². The van der Waals surface area contributed by atoms with Crippen molar-refractivity contribution in [2.45, 2.75) is 37.1 Å². The quantitative estimate of drug-likeness (QED) is 0.858. The molecule has 0 unspecified atom stereocenters. The van der Waals surface area contributed by atoms with Gasteiger partial charge < -0.3 is 4.52 Å². The summed E-state index contributed by atoms with van der Waals surface area (Å²) in [5, 5.41) is 4.10. The number of rotatable bonds is 4. The summed E-state index contributed by atoms with van der Waals surface area (Å²) in [7, 11) is -3.25. The summed E-state index contributed by atoms with van der Waals surface area (Å²) >= 11 is 0. The van der Waals surface area contributed by atoms with Crippen molar-refractivity contribution in [2.24, 2.45) is 0 Å². The molecule has 6 nitrogen and oxygen atoms in total. The van der Waals surface area contributed by atoms with E-state index < -0.39 is 10.0 Å². The first-order valence-corrected chi connectivity index (χ1v) is 9.72. The summed E-state index contributed by atoms with van der Waals surface area (Å²) in [6.45, 7) is 0.525. The first-order valence-electron chi connectivity index (χ1n) is 7.87. The second kappa shape index (κ2) is 5.14. The molecule has 0 bridgehead atoms. The fourth-order valence-corrected chi connectivity index (χ4v) is 4.59. The van der Waals surface area contributed by atoms with Gasteiger partial charge in [-0.1, -0.05) is 35.5 Å². The lowest BCUT2D eigenvalue weighted by Crippen LogP contribution is -2.30. The maximum absolute atomic E-state index is 11.9. The zero-order chi connectivity index (χ0) is 16.1. The molecule has 1 aliphatic heterocycles. The SMILES string of the molecule is CS(=O)(=O)N1CCC[C@H]1c1noc(C2(c3ccccc3)CC2)n1. The van der Waals surface area contributed by atoms with E-state index in [9.17, 15) is 8.42 Å². The molecule has 1 aromatic heterocycles. The smallest absolute Gasteiger partial charge is 0.237 e. The second-order valence-electron chi connectivity index (χ2n) is 6.44. The number of sulfonamides is 1. The van der Waals surface area contributed by atoms with Gasteiger partial charge >= 0.3 is 0 Å². The molecule has 23 heavy (non-hydrogen) atoms. The van der Waals surface area contributed by atoms with Gasteiger partial charge in [-0.25, -0.2) is 8.42 Å².